The molecule has 7 nitrogen and oxygen atoms in total. The zero-order valence-electron chi connectivity index (χ0n) is 18.4. The Labute approximate surface area is 197 Å². The minimum atomic E-state index is -0.935. The summed E-state index contributed by atoms with van der Waals surface area (Å²) in [6, 6.07) is 15.2. The molecular weight excluding hydrogens is 442 g/mol. The number of carboxylic acids is 1. The van der Waals surface area contributed by atoms with Crippen LogP contribution < -0.4 is 0 Å². The van der Waals surface area contributed by atoms with E-state index < -0.39 is 24.1 Å². The normalized spacial score (nSPS) is 12.9. The number of nitrogens with zero attached hydrogens (tertiary/aromatic N) is 1. The van der Waals surface area contributed by atoms with Crippen LogP contribution in [0.3, 0.4) is 0 Å². The van der Waals surface area contributed by atoms with Gasteiger partial charge in [-0.15, -0.1) is 0 Å². The van der Waals surface area contributed by atoms with Crippen molar-refractivity contribution in [2.75, 3.05) is 31.8 Å². The van der Waals surface area contributed by atoms with Crippen LogP contribution >= 0.6 is 11.8 Å². The molecule has 174 valence electrons. The second-order valence-electron chi connectivity index (χ2n) is 7.58. The van der Waals surface area contributed by atoms with Gasteiger partial charge in [-0.3, -0.25) is 9.69 Å². The summed E-state index contributed by atoms with van der Waals surface area (Å²) in [5.41, 5.74) is 4.45. The fourth-order valence-electron chi connectivity index (χ4n) is 3.88. The summed E-state index contributed by atoms with van der Waals surface area (Å²) in [5.74, 6) is -1.31. The van der Waals surface area contributed by atoms with Crippen LogP contribution in [0.25, 0.3) is 11.1 Å². The van der Waals surface area contributed by atoms with E-state index in [1.54, 1.807) is 0 Å². The van der Waals surface area contributed by atoms with E-state index in [1.165, 1.54) is 29.8 Å². The fraction of sp³-hybridized carbons (Fsp3) is 0.320. The van der Waals surface area contributed by atoms with Gasteiger partial charge in [-0.1, -0.05) is 61.2 Å². The number of likely N-dealkylation sites (N-methyl/N-ethyl adjacent to an activating group) is 1. The highest BCUT2D eigenvalue weighted by Gasteiger charge is 2.32. The Morgan fingerprint density at radius 2 is 1.70 bits per heavy atom. The standard InChI is InChI=1S/C25H27NO6S/c1-3-13-31-24(29)22(12-14-33-16-23(27)28)26(2)25(30)32-15-21-19-10-6-4-8-17(19)18-9-5-7-11-20(18)21/h3-11,21-22H,1,12-16H2,2H3,(H,27,28)/t22-/m0/s1. The Morgan fingerprint density at radius 1 is 1.09 bits per heavy atom. The third-order valence-corrected chi connectivity index (χ3v) is 6.44. The quantitative estimate of drug-likeness (QED) is 0.300. The average molecular weight is 470 g/mol. The van der Waals surface area contributed by atoms with Crippen molar-refractivity contribution in [2.45, 2.75) is 18.4 Å². The average Bonchev–Trinajstić information content (AvgIpc) is 3.14. The Bertz CT molecular complexity index is 978. The molecule has 2 aromatic rings. The highest BCUT2D eigenvalue weighted by atomic mass is 32.2. The summed E-state index contributed by atoms with van der Waals surface area (Å²) in [6.07, 6.45) is 1.05. The van der Waals surface area contributed by atoms with Crippen molar-refractivity contribution < 1.29 is 29.0 Å². The molecule has 8 heteroatoms. The van der Waals surface area contributed by atoms with Gasteiger partial charge in [0.15, 0.2) is 0 Å². The molecule has 1 aliphatic rings. The van der Waals surface area contributed by atoms with E-state index in [9.17, 15) is 14.4 Å². The molecule has 3 rings (SSSR count). The van der Waals surface area contributed by atoms with Gasteiger partial charge >= 0.3 is 18.0 Å². The van der Waals surface area contributed by atoms with Crippen LogP contribution in [0.1, 0.15) is 23.5 Å². The second-order valence-corrected chi connectivity index (χ2v) is 8.69. The van der Waals surface area contributed by atoms with Gasteiger partial charge in [0.25, 0.3) is 0 Å². The van der Waals surface area contributed by atoms with E-state index in [1.807, 2.05) is 36.4 Å². The van der Waals surface area contributed by atoms with Crippen molar-refractivity contribution in [3.8, 4) is 11.1 Å². The lowest BCUT2D eigenvalue weighted by molar-refractivity contribution is -0.147. The van der Waals surface area contributed by atoms with Crippen LogP contribution in [0.4, 0.5) is 4.79 Å². The monoisotopic (exact) mass is 469 g/mol. The molecule has 0 heterocycles. The molecule has 0 aromatic heterocycles. The van der Waals surface area contributed by atoms with Crippen molar-refractivity contribution in [2.24, 2.45) is 0 Å². The Hall–Kier alpha value is -3.26. The van der Waals surface area contributed by atoms with E-state index in [0.29, 0.717) is 5.75 Å². The maximum Gasteiger partial charge on any atom is 0.410 e. The summed E-state index contributed by atoms with van der Waals surface area (Å²) in [7, 11) is 1.49. The predicted molar refractivity (Wildman–Crippen MR) is 127 cm³/mol. The number of ether oxygens (including phenoxy) is 2. The number of carbonyl (C=O) groups excluding carboxylic acids is 2. The number of hydrogen-bond donors (Lipinski definition) is 1. The number of aliphatic carboxylic acids is 1. The van der Waals surface area contributed by atoms with Gasteiger partial charge in [0.2, 0.25) is 0 Å². The molecule has 0 aliphatic heterocycles. The molecule has 33 heavy (non-hydrogen) atoms. The highest BCUT2D eigenvalue weighted by molar-refractivity contribution is 7.99. The molecule has 2 aromatic carbocycles. The predicted octanol–water partition coefficient (Wildman–Crippen LogP) is 4.17. The molecule has 0 saturated carbocycles. The van der Waals surface area contributed by atoms with Crippen LogP contribution in [0, 0.1) is 0 Å². The number of hydrogen-bond acceptors (Lipinski definition) is 6. The summed E-state index contributed by atoms with van der Waals surface area (Å²) in [4.78, 5) is 37.3. The molecule has 0 radical (unpaired) electrons. The first-order chi connectivity index (χ1) is 15.9. The maximum atomic E-state index is 12.9. The number of benzene rings is 2. The van der Waals surface area contributed by atoms with Gasteiger partial charge < -0.3 is 14.6 Å². The van der Waals surface area contributed by atoms with Crippen LogP contribution in [0.5, 0.6) is 0 Å². The lowest BCUT2D eigenvalue weighted by Crippen LogP contribution is -2.44. The number of carbonyl (C=O) groups is 3. The van der Waals surface area contributed by atoms with Crippen molar-refractivity contribution in [1.29, 1.82) is 0 Å². The Balaban J connectivity index is 1.67. The number of amides is 1. The Morgan fingerprint density at radius 3 is 2.27 bits per heavy atom. The van der Waals surface area contributed by atoms with Gasteiger partial charge in [-0.2, -0.15) is 11.8 Å². The van der Waals surface area contributed by atoms with Crippen molar-refractivity contribution in [3.63, 3.8) is 0 Å². The smallest absolute Gasteiger partial charge is 0.410 e. The highest BCUT2D eigenvalue weighted by Crippen LogP contribution is 2.44. The zero-order chi connectivity index (χ0) is 23.8. The molecule has 1 aliphatic carbocycles. The minimum Gasteiger partial charge on any atom is -0.481 e. The molecule has 1 atom stereocenters. The molecule has 1 amide bonds. The van der Waals surface area contributed by atoms with Crippen LogP contribution in [0.15, 0.2) is 61.2 Å². The zero-order valence-corrected chi connectivity index (χ0v) is 19.3. The lowest BCUT2D eigenvalue weighted by atomic mass is 9.98. The summed E-state index contributed by atoms with van der Waals surface area (Å²) >= 11 is 1.17. The summed E-state index contributed by atoms with van der Waals surface area (Å²) < 4.78 is 10.8. The van der Waals surface area contributed by atoms with E-state index >= 15 is 0 Å². The number of thioether (sulfide) groups is 1. The van der Waals surface area contributed by atoms with Crippen molar-refractivity contribution in [1.82, 2.24) is 4.90 Å². The molecule has 0 spiro atoms. The van der Waals surface area contributed by atoms with Crippen molar-refractivity contribution >= 4 is 29.8 Å². The van der Waals surface area contributed by atoms with E-state index in [0.717, 1.165) is 22.3 Å². The number of fused-ring (bicyclic) bond motifs is 3. The lowest BCUT2D eigenvalue weighted by Gasteiger charge is -2.26. The van der Waals surface area contributed by atoms with Crippen LogP contribution in [0.2, 0.25) is 0 Å². The molecule has 0 bridgehead atoms. The topological polar surface area (TPSA) is 93.1 Å². The van der Waals surface area contributed by atoms with E-state index in [-0.39, 0.29) is 31.3 Å². The minimum absolute atomic E-state index is 0.0239. The number of esters is 1. The van der Waals surface area contributed by atoms with Gasteiger partial charge in [0.05, 0.1) is 5.75 Å². The first-order valence-corrected chi connectivity index (χ1v) is 11.7. The first kappa shape index (κ1) is 24.4. The maximum absolute atomic E-state index is 12.9. The number of carboxylic acid groups (broad SMARTS) is 1. The van der Waals surface area contributed by atoms with Crippen LogP contribution in [-0.2, 0) is 19.1 Å². The fourth-order valence-corrected chi connectivity index (χ4v) is 4.59. The molecule has 1 N–H and O–H groups in total. The van der Waals surface area contributed by atoms with Gasteiger partial charge in [-0.25, -0.2) is 9.59 Å². The first-order valence-electron chi connectivity index (χ1n) is 10.6. The van der Waals surface area contributed by atoms with Crippen molar-refractivity contribution in [3.05, 3.63) is 72.3 Å². The van der Waals surface area contributed by atoms with E-state index in [4.69, 9.17) is 14.6 Å². The van der Waals surface area contributed by atoms with Crippen LogP contribution in [-0.4, -0.2) is 65.8 Å². The number of rotatable bonds is 11. The van der Waals surface area contributed by atoms with E-state index in [2.05, 4.69) is 18.7 Å². The largest absolute Gasteiger partial charge is 0.481 e. The van der Waals surface area contributed by atoms with Gasteiger partial charge in [0, 0.05) is 13.0 Å². The second kappa shape index (κ2) is 11.6. The van der Waals surface area contributed by atoms with Gasteiger partial charge in [-0.05, 0) is 34.4 Å². The third kappa shape index (κ3) is 5.96. The van der Waals surface area contributed by atoms with Gasteiger partial charge in [0.1, 0.15) is 19.3 Å². The molecule has 0 saturated heterocycles. The Kier molecular flexibility index (Phi) is 8.54. The molecular formula is C25H27NO6S. The molecule has 0 fully saturated rings. The third-order valence-electron chi connectivity index (χ3n) is 5.47. The summed E-state index contributed by atoms with van der Waals surface area (Å²) in [5, 5.41) is 8.81. The molecule has 0 unspecified atom stereocenters. The summed E-state index contributed by atoms with van der Waals surface area (Å²) in [6.45, 7) is 3.69. The SMILES string of the molecule is C=CCOC(=O)[C@H](CCSCC(=O)O)N(C)C(=O)OCC1c2ccccc2-c2ccccc21.